The molecule has 0 aromatic heterocycles. The maximum Gasteiger partial charge on any atom is 0.240 e. The van der Waals surface area contributed by atoms with Crippen LogP contribution in [0.25, 0.3) is 10.8 Å². The zero-order valence-electron chi connectivity index (χ0n) is 17.5. The van der Waals surface area contributed by atoms with Gasteiger partial charge < -0.3 is 11.1 Å². The number of hydrogen-bond donors (Lipinski definition) is 3. The van der Waals surface area contributed by atoms with Crippen molar-refractivity contribution in [2.45, 2.75) is 24.2 Å². The number of Topliss-reactive ketones (excluding diaryl/α,β-unsaturated/α-hetero) is 1. The fourth-order valence-corrected chi connectivity index (χ4v) is 4.76. The van der Waals surface area contributed by atoms with E-state index < -0.39 is 10.0 Å². The number of carbonyl (C=O) groups is 2. The Morgan fingerprint density at radius 2 is 1.77 bits per heavy atom. The van der Waals surface area contributed by atoms with Gasteiger partial charge in [0.25, 0.3) is 0 Å². The van der Waals surface area contributed by atoms with Crippen LogP contribution in [0.15, 0.2) is 47.4 Å². The third-order valence-electron chi connectivity index (χ3n) is 5.53. The van der Waals surface area contributed by atoms with Gasteiger partial charge in [0, 0.05) is 12.5 Å². The average molecular weight is 447 g/mol. The summed E-state index contributed by atoms with van der Waals surface area (Å²) in [5, 5.41) is 4.67. The lowest BCUT2D eigenvalue weighted by Crippen LogP contribution is -2.44. The number of rotatable bonds is 10. The molecule has 168 valence electrons. The number of carbonyl (C=O) groups excluding carboxylic acids is 2. The summed E-state index contributed by atoms with van der Waals surface area (Å²) in [6.45, 7) is 2.32. The average Bonchev–Trinajstić information content (AvgIpc) is 2.78. The molecule has 0 saturated carbocycles. The van der Waals surface area contributed by atoms with Crippen LogP contribution in [0.1, 0.15) is 19.3 Å². The first kappa shape index (κ1) is 23.3. The molecule has 9 heteroatoms. The lowest BCUT2D eigenvalue weighted by atomic mass is 9.95. The molecule has 1 aliphatic rings. The lowest BCUT2D eigenvalue weighted by Gasteiger charge is -2.30. The van der Waals surface area contributed by atoms with Crippen molar-refractivity contribution >= 4 is 32.5 Å². The highest BCUT2D eigenvalue weighted by Crippen LogP contribution is 2.19. The Balaban J connectivity index is 1.45. The van der Waals surface area contributed by atoms with Crippen LogP contribution in [-0.2, 0) is 19.6 Å². The van der Waals surface area contributed by atoms with Crippen molar-refractivity contribution in [3.63, 3.8) is 0 Å². The number of nitrogens with one attached hydrogen (secondary N) is 2. The first-order valence-corrected chi connectivity index (χ1v) is 12.1. The van der Waals surface area contributed by atoms with Gasteiger partial charge in [0.15, 0.2) is 5.78 Å². The second-order valence-corrected chi connectivity index (χ2v) is 9.62. The molecular formula is C22H30N4O4S. The van der Waals surface area contributed by atoms with E-state index in [1.54, 1.807) is 18.2 Å². The van der Waals surface area contributed by atoms with Gasteiger partial charge in [0.2, 0.25) is 15.9 Å². The van der Waals surface area contributed by atoms with E-state index in [1.807, 2.05) is 29.2 Å². The van der Waals surface area contributed by atoms with E-state index in [4.69, 9.17) is 5.73 Å². The molecule has 0 aliphatic carbocycles. The Morgan fingerprint density at radius 1 is 1.06 bits per heavy atom. The van der Waals surface area contributed by atoms with E-state index in [9.17, 15) is 18.0 Å². The first-order valence-electron chi connectivity index (χ1n) is 10.6. The summed E-state index contributed by atoms with van der Waals surface area (Å²) in [6.07, 6.45) is 2.13. The van der Waals surface area contributed by atoms with Gasteiger partial charge in [-0.05, 0) is 61.8 Å². The molecule has 0 atom stereocenters. The molecule has 1 heterocycles. The molecule has 1 aliphatic heterocycles. The van der Waals surface area contributed by atoms with Gasteiger partial charge in [-0.25, -0.2) is 13.1 Å². The topological polar surface area (TPSA) is 122 Å². The van der Waals surface area contributed by atoms with Crippen molar-refractivity contribution in [3.05, 3.63) is 42.5 Å². The van der Waals surface area contributed by atoms with E-state index >= 15 is 0 Å². The molecule has 2 aromatic carbocycles. The first-order chi connectivity index (χ1) is 14.9. The SMILES string of the molecule is NCCCNC(=O)C1CCN(CC(=O)CNS(=O)(=O)c2ccc3ccccc3c2)CC1. The predicted octanol–water partition coefficient (Wildman–Crippen LogP) is 0.864. The Morgan fingerprint density at radius 3 is 2.48 bits per heavy atom. The van der Waals surface area contributed by atoms with Gasteiger partial charge in [0.05, 0.1) is 18.0 Å². The summed E-state index contributed by atoms with van der Waals surface area (Å²) in [4.78, 5) is 26.6. The Hall–Kier alpha value is -2.33. The number of likely N-dealkylation sites (tertiary alicyclic amines) is 1. The molecule has 0 spiro atoms. The lowest BCUT2D eigenvalue weighted by molar-refractivity contribution is -0.126. The summed E-state index contributed by atoms with van der Waals surface area (Å²) in [7, 11) is -3.77. The zero-order chi connectivity index (χ0) is 22.3. The van der Waals surface area contributed by atoms with Crippen LogP contribution in [0.3, 0.4) is 0 Å². The highest BCUT2D eigenvalue weighted by Gasteiger charge is 2.26. The fourth-order valence-electron chi connectivity index (χ4n) is 3.71. The van der Waals surface area contributed by atoms with Crippen LogP contribution < -0.4 is 15.8 Å². The molecule has 31 heavy (non-hydrogen) atoms. The predicted molar refractivity (Wildman–Crippen MR) is 120 cm³/mol. The van der Waals surface area contributed by atoms with Crippen LogP contribution in [0.4, 0.5) is 0 Å². The fraction of sp³-hybridized carbons (Fsp3) is 0.455. The number of ketones is 1. The van der Waals surface area contributed by atoms with Crippen molar-refractivity contribution in [2.75, 3.05) is 39.3 Å². The van der Waals surface area contributed by atoms with E-state index in [-0.39, 0.29) is 35.6 Å². The zero-order valence-corrected chi connectivity index (χ0v) is 18.4. The Kier molecular flexibility index (Phi) is 8.14. The summed E-state index contributed by atoms with van der Waals surface area (Å²) in [6, 6.07) is 12.4. The van der Waals surface area contributed by atoms with Crippen LogP contribution in [0.5, 0.6) is 0 Å². The summed E-state index contributed by atoms with van der Waals surface area (Å²) < 4.78 is 27.5. The minimum Gasteiger partial charge on any atom is -0.356 e. The van der Waals surface area contributed by atoms with E-state index in [0.717, 1.165) is 17.2 Å². The minimum absolute atomic E-state index is 0.0440. The van der Waals surface area contributed by atoms with Crippen LogP contribution in [-0.4, -0.2) is 64.3 Å². The van der Waals surface area contributed by atoms with Gasteiger partial charge in [-0.3, -0.25) is 14.5 Å². The molecule has 0 radical (unpaired) electrons. The maximum atomic E-state index is 12.6. The number of piperidine rings is 1. The maximum absolute atomic E-state index is 12.6. The van der Waals surface area contributed by atoms with Crippen LogP contribution >= 0.6 is 0 Å². The quantitative estimate of drug-likeness (QED) is 0.466. The van der Waals surface area contributed by atoms with E-state index in [1.165, 1.54) is 0 Å². The smallest absolute Gasteiger partial charge is 0.240 e. The van der Waals surface area contributed by atoms with Gasteiger partial charge >= 0.3 is 0 Å². The number of nitrogens with zero attached hydrogens (tertiary/aromatic N) is 1. The summed E-state index contributed by atoms with van der Waals surface area (Å²) in [5.41, 5.74) is 5.43. The molecule has 1 fully saturated rings. The molecular weight excluding hydrogens is 416 g/mol. The number of sulfonamides is 1. The molecule has 0 bridgehead atoms. The molecule has 1 saturated heterocycles. The Bertz CT molecular complexity index is 1020. The van der Waals surface area contributed by atoms with E-state index in [0.29, 0.717) is 39.0 Å². The number of hydrogen-bond acceptors (Lipinski definition) is 6. The number of benzene rings is 2. The summed E-state index contributed by atoms with van der Waals surface area (Å²) >= 11 is 0. The highest BCUT2D eigenvalue weighted by atomic mass is 32.2. The molecule has 8 nitrogen and oxygen atoms in total. The molecule has 1 amide bonds. The number of fused-ring (bicyclic) bond motifs is 1. The van der Waals surface area contributed by atoms with Gasteiger partial charge in [-0.1, -0.05) is 30.3 Å². The van der Waals surface area contributed by atoms with Crippen molar-refractivity contribution in [2.24, 2.45) is 11.7 Å². The van der Waals surface area contributed by atoms with E-state index in [2.05, 4.69) is 10.0 Å². The van der Waals surface area contributed by atoms with Crippen molar-refractivity contribution < 1.29 is 18.0 Å². The van der Waals surface area contributed by atoms with Crippen molar-refractivity contribution in [3.8, 4) is 0 Å². The standard InChI is InChI=1S/C22H30N4O4S/c23-10-3-11-24-22(28)18-8-12-26(13-9-18)16-20(27)15-25-31(29,30)21-7-6-17-4-1-2-5-19(17)14-21/h1-2,4-7,14,18,25H,3,8-13,15-16,23H2,(H,24,28). The second kappa shape index (κ2) is 10.8. The molecule has 3 rings (SSSR count). The third kappa shape index (κ3) is 6.57. The van der Waals surface area contributed by atoms with Gasteiger partial charge in [-0.15, -0.1) is 0 Å². The number of amides is 1. The monoisotopic (exact) mass is 446 g/mol. The van der Waals surface area contributed by atoms with Crippen LogP contribution in [0, 0.1) is 5.92 Å². The largest absolute Gasteiger partial charge is 0.356 e. The normalized spacial score (nSPS) is 15.8. The molecule has 0 unspecified atom stereocenters. The number of nitrogens with two attached hydrogens (primary N) is 1. The van der Waals surface area contributed by atoms with Gasteiger partial charge in [0.1, 0.15) is 0 Å². The van der Waals surface area contributed by atoms with Crippen LogP contribution in [0.2, 0.25) is 0 Å². The molecule has 4 N–H and O–H groups in total. The molecule has 2 aromatic rings. The minimum atomic E-state index is -3.77. The van der Waals surface area contributed by atoms with Gasteiger partial charge in [-0.2, -0.15) is 0 Å². The Labute approximate surface area is 183 Å². The highest BCUT2D eigenvalue weighted by molar-refractivity contribution is 7.89. The van der Waals surface area contributed by atoms with Crippen molar-refractivity contribution in [1.29, 1.82) is 0 Å². The summed E-state index contributed by atoms with van der Waals surface area (Å²) in [5.74, 6) is -0.201. The second-order valence-electron chi connectivity index (χ2n) is 7.86. The third-order valence-corrected chi connectivity index (χ3v) is 6.93. The van der Waals surface area contributed by atoms with Crippen molar-refractivity contribution in [1.82, 2.24) is 14.9 Å².